The van der Waals surface area contributed by atoms with Crippen molar-refractivity contribution >= 4 is 5.91 Å². The van der Waals surface area contributed by atoms with E-state index in [1.807, 2.05) is 6.07 Å². The van der Waals surface area contributed by atoms with Crippen LogP contribution in [0.4, 0.5) is 0 Å². The molecule has 0 spiro atoms. The van der Waals surface area contributed by atoms with Gasteiger partial charge in [0.2, 0.25) is 5.91 Å². The molecule has 0 aliphatic heterocycles. The number of hydrogen-bond acceptors (Lipinski definition) is 3. The van der Waals surface area contributed by atoms with E-state index in [4.69, 9.17) is 5.73 Å². The van der Waals surface area contributed by atoms with Crippen molar-refractivity contribution in [1.29, 1.82) is 0 Å². The number of rotatable bonds is 3. The summed E-state index contributed by atoms with van der Waals surface area (Å²) < 4.78 is 0. The van der Waals surface area contributed by atoms with E-state index in [-0.39, 0.29) is 11.9 Å². The zero-order valence-corrected chi connectivity index (χ0v) is 9.66. The summed E-state index contributed by atoms with van der Waals surface area (Å²) >= 11 is 0. The van der Waals surface area contributed by atoms with Gasteiger partial charge in [0, 0.05) is 6.20 Å². The number of amides is 1. The summed E-state index contributed by atoms with van der Waals surface area (Å²) in [5, 5.41) is 3.27. The highest BCUT2D eigenvalue weighted by molar-refractivity contribution is 5.83. The fourth-order valence-electron chi connectivity index (χ4n) is 2.06. The highest BCUT2D eigenvalue weighted by Gasteiger charge is 2.32. The number of pyridine rings is 1. The van der Waals surface area contributed by atoms with Gasteiger partial charge in [-0.3, -0.25) is 15.1 Å². The Morgan fingerprint density at radius 1 is 1.62 bits per heavy atom. The lowest BCUT2D eigenvalue weighted by atomic mass is 10.0. The minimum atomic E-state index is -0.691. The average molecular weight is 219 g/mol. The minimum Gasteiger partial charge on any atom is -0.368 e. The van der Waals surface area contributed by atoms with Gasteiger partial charge >= 0.3 is 0 Å². The molecule has 3 N–H and O–H groups in total. The first-order valence-electron chi connectivity index (χ1n) is 5.52. The topological polar surface area (TPSA) is 68.0 Å². The van der Waals surface area contributed by atoms with Crippen LogP contribution in [-0.4, -0.2) is 16.4 Å². The Morgan fingerprint density at radius 2 is 2.38 bits per heavy atom. The number of fused-ring (bicyclic) bond motifs is 1. The Hall–Kier alpha value is -1.42. The fourth-order valence-corrected chi connectivity index (χ4v) is 2.06. The van der Waals surface area contributed by atoms with Crippen LogP contribution in [0.3, 0.4) is 0 Å². The molecule has 0 fully saturated rings. The zero-order valence-electron chi connectivity index (χ0n) is 9.66. The molecule has 1 atom stereocenters. The van der Waals surface area contributed by atoms with Gasteiger partial charge in [-0.2, -0.15) is 0 Å². The van der Waals surface area contributed by atoms with Gasteiger partial charge in [0.25, 0.3) is 0 Å². The summed E-state index contributed by atoms with van der Waals surface area (Å²) in [4.78, 5) is 15.6. The van der Waals surface area contributed by atoms with Gasteiger partial charge in [0.05, 0.1) is 17.3 Å². The molecule has 1 heterocycles. The van der Waals surface area contributed by atoms with Crippen LogP contribution < -0.4 is 11.1 Å². The van der Waals surface area contributed by atoms with Gasteiger partial charge in [-0.25, -0.2) is 0 Å². The van der Waals surface area contributed by atoms with E-state index < -0.39 is 5.54 Å². The van der Waals surface area contributed by atoms with Gasteiger partial charge in [0.1, 0.15) is 0 Å². The highest BCUT2D eigenvalue weighted by atomic mass is 16.1. The van der Waals surface area contributed by atoms with E-state index in [1.165, 1.54) is 5.56 Å². The van der Waals surface area contributed by atoms with E-state index >= 15 is 0 Å². The standard InChI is InChI=1S/C12H17N3O/c1-12(2,11(13)16)15-9-6-5-8-4-3-7-14-10(8)9/h3-4,7,9,15H,5-6H2,1-2H3,(H2,13,16). The predicted octanol–water partition coefficient (Wildman–Crippen LogP) is 0.922. The normalized spacial score (nSPS) is 19.5. The smallest absolute Gasteiger partial charge is 0.237 e. The minimum absolute atomic E-state index is 0.138. The van der Waals surface area contributed by atoms with Crippen molar-refractivity contribution in [2.24, 2.45) is 5.73 Å². The lowest BCUT2D eigenvalue weighted by molar-refractivity contribution is -0.123. The van der Waals surface area contributed by atoms with Crippen LogP contribution in [0.5, 0.6) is 0 Å². The molecule has 16 heavy (non-hydrogen) atoms. The SMILES string of the molecule is CC(C)(NC1CCc2cccnc21)C(N)=O. The molecule has 1 aromatic heterocycles. The number of aromatic nitrogens is 1. The molecule has 0 saturated heterocycles. The Labute approximate surface area is 95.3 Å². The van der Waals surface area contributed by atoms with Crippen molar-refractivity contribution in [1.82, 2.24) is 10.3 Å². The quantitative estimate of drug-likeness (QED) is 0.794. The molecule has 4 heteroatoms. The maximum absolute atomic E-state index is 11.3. The Kier molecular flexibility index (Phi) is 2.68. The monoisotopic (exact) mass is 219 g/mol. The van der Waals surface area contributed by atoms with E-state index in [0.29, 0.717) is 0 Å². The van der Waals surface area contributed by atoms with Gasteiger partial charge in [-0.1, -0.05) is 6.07 Å². The van der Waals surface area contributed by atoms with Crippen LogP contribution in [0, 0.1) is 0 Å². The van der Waals surface area contributed by atoms with Crippen LogP contribution in [0.2, 0.25) is 0 Å². The van der Waals surface area contributed by atoms with E-state index in [9.17, 15) is 4.79 Å². The second kappa shape index (κ2) is 3.87. The van der Waals surface area contributed by atoms with Crippen LogP contribution in [0.1, 0.15) is 37.6 Å². The van der Waals surface area contributed by atoms with E-state index in [2.05, 4.69) is 16.4 Å². The molecule has 0 radical (unpaired) electrons. The second-order valence-electron chi connectivity index (χ2n) is 4.77. The molecule has 0 aromatic carbocycles. The third-order valence-electron chi connectivity index (χ3n) is 3.11. The van der Waals surface area contributed by atoms with Gasteiger partial charge < -0.3 is 5.73 Å². The summed E-state index contributed by atoms with van der Waals surface area (Å²) in [5.41, 5.74) is 6.97. The van der Waals surface area contributed by atoms with E-state index in [1.54, 1.807) is 20.0 Å². The summed E-state index contributed by atoms with van der Waals surface area (Å²) in [6.07, 6.45) is 3.77. The summed E-state index contributed by atoms with van der Waals surface area (Å²) in [6.45, 7) is 3.60. The fraction of sp³-hybridized carbons (Fsp3) is 0.500. The lowest BCUT2D eigenvalue weighted by Crippen LogP contribution is -2.51. The van der Waals surface area contributed by atoms with Crippen molar-refractivity contribution in [3.05, 3.63) is 29.6 Å². The maximum atomic E-state index is 11.3. The summed E-state index contributed by atoms with van der Waals surface area (Å²) in [7, 11) is 0. The first-order valence-corrected chi connectivity index (χ1v) is 5.52. The predicted molar refractivity (Wildman–Crippen MR) is 61.7 cm³/mol. The van der Waals surface area contributed by atoms with Crippen molar-refractivity contribution in [2.45, 2.75) is 38.3 Å². The molecular formula is C12H17N3O. The molecule has 1 aliphatic rings. The van der Waals surface area contributed by atoms with Crippen LogP contribution >= 0.6 is 0 Å². The number of carbonyl (C=O) groups excluding carboxylic acids is 1. The highest BCUT2D eigenvalue weighted by Crippen LogP contribution is 2.30. The summed E-state index contributed by atoms with van der Waals surface area (Å²) in [6, 6.07) is 4.17. The number of nitrogens with one attached hydrogen (secondary N) is 1. The van der Waals surface area contributed by atoms with Crippen molar-refractivity contribution < 1.29 is 4.79 Å². The first kappa shape index (κ1) is 11.1. The molecule has 1 aliphatic carbocycles. The van der Waals surface area contributed by atoms with Gasteiger partial charge in [-0.15, -0.1) is 0 Å². The average Bonchev–Trinajstić information content (AvgIpc) is 2.61. The lowest BCUT2D eigenvalue weighted by Gasteiger charge is -2.26. The number of hydrogen-bond donors (Lipinski definition) is 2. The molecule has 1 aromatic rings. The van der Waals surface area contributed by atoms with Crippen LogP contribution in [-0.2, 0) is 11.2 Å². The largest absolute Gasteiger partial charge is 0.368 e. The van der Waals surface area contributed by atoms with Crippen LogP contribution in [0.15, 0.2) is 18.3 Å². The number of carbonyl (C=O) groups is 1. The third kappa shape index (κ3) is 1.93. The number of nitrogens with zero attached hydrogens (tertiary/aromatic N) is 1. The van der Waals surface area contributed by atoms with Crippen molar-refractivity contribution in [3.63, 3.8) is 0 Å². The van der Waals surface area contributed by atoms with Gasteiger partial charge in [-0.05, 0) is 38.3 Å². The van der Waals surface area contributed by atoms with Crippen molar-refractivity contribution in [3.8, 4) is 0 Å². The molecule has 2 rings (SSSR count). The molecule has 0 saturated carbocycles. The summed E-state index contributed by atoms with van der Waals surface area (Å²) in [5.74, 6) is -0.336. The second-order valence-corrected chi connectivity index (χ2v) is 4.77. The number of nitrogens with two attached hydrogens (primary N) is 1. The Balaban J connectivity index is 2.18. The van der Waals surface area contributed by atoms with Gasteiger partial charge in [0.15, 0.2) is 0 Å². The molecule has 1 amide bonds. The van der Waals surface area contributed by atoms with Crippen molar-refractivity contribution in [2.75, 3.05) is 0 Å². The third-order valence-corrected chi connectivity index (χ3v) is 3.11. The van der Waals surface area contributed by atoms with Crippen LogP contribution in [0.25, 0.3) is 0 Å². The first-order chi connectivity index (χ1) is 7.50. The maximum Gasteiger partial charge on any atom is 0.237 e. The molecule has 4 nitrogen and oxygen atoms in total. The Bertz CT molecular complexity index is 414. The number of primary amides is 1. The molecular weight excluding hydrogens is 202 g/mol. The molecule has 86 valence electrons. The number of aryl methyl sites for hydroxylation is 1. The zero-order chi connectivity index (χ0) is 11.8. The molecule has 1 unspecified atom stereocenters. The Morgan fingerprint density at radius 3 is 3.06 bits per heavy atom. The van der Waals surface area contributed by atoms with E-state index in [0.717, 1.165) is 18.5 Å². The molecule has 0 bridgehead atoms.